The first-order chi connectivity index (χ1) is 14.9. The van der Waals surface area contributed by atoms with Crippen molar-refractivity contribution >= 4 is 39.3 Å². The number of hydrogen-bond acceptors (Lipinski definition) is 7. The Balaban J connectivity index is 2.05. The van der Waals surface area contributed by atoms with E-state index >= 15 is 0 Å². The summed E-state index contributed by atoms with van der Waals surface area (Å²) in [5, 5.41) is 14.4. The number of halogens is 1. The number of sulfonamides is 1. The molecule has 13 heteroatoms. The van der Waals surface area contributed by atoms with Crippen LogP contribution >= 0.6 is 11.6 Å². The summed E-state index contributed by atoms with van der Waals surface area (Å²) >= 11 is 5.81. The molecule has 6 N–H and O–H groups in total. The van der Waals surface area contributed by atoms with Gasteiger partial charge in [-0.15, -0.1) is 0 Å². The highest BCUT2D eigenvalue weighted by molar-refractivity contribution is 7.89. The van der Waals surface area contributed by atoms with Gasteiger partial charge >= 0.3 is 0 Å². The predicted octanol–water partition coefficient (Wildman–Crippen LogP) is -0.417. The first-order valence-corrected chi connectivity index (χ1v) is 11.8. The second-order valence-corrected chi connectivity index (χ2v) is 10.3. The number of hydrogen-bond donors (Lipinski definition) is 5. The maximum absolute atomic E-state index is 13.0. The molecule has 0 spiro atoms. The molecular weight excluding hydrogens is 462 g/mol. The normalized spacial score (nSPS) is 20.1. The van der Waals surface area contributed by atoms with Crippen LogP contribution in [0.3, 0.4) is 0 Å². The third-order valence-corrected chi connectivity index (χ3v) is 7.08. The molecule has 1 fully saturated rings. The third kappa shape index (κ3) is 6.62. The largest absolute Gasteiger partial charge is 0.350 e. The van der Waals surface area contributed by atoms with Crippen molar-refractivity contribution in [2.45, 2.75) is 49.7 Å². The van der Waals surface area contributed by atoms with E-state index < -0.39 is 45.9 Å². The summed E-state index contributed by atoms with van der Waals surface area (Å²) in [6.07, 6.45) is 0.400. The number of nitrogens with two attached hydrogens (primary N) is 1. The SMILES string of the molecule is CC(C)C[C@H](N)C(=O)NCC(=O)N[C@H]1C[C@@H](C(=O)NO)N(S(=O)(=O)c2ccc(Cl)cc2)C1. The second kappa shape index (κ2) is 11.1. The number of nitrogens with zero attached hydrogens (tertiary/aromatic N) is 1. The van der Waals surface area contributed by atoms with Gasteiger partial charge in [-0.3, -0.25) is 19.6 Å². The van der Waals surface area contributed by atoms with E-state index in [0.717, 1.165) is 4.31 Å². The Kier molecular flexibility index (Phi) is 8.98. The van der Waals surface area contributed by atoms with Crippen LogP contribution in [-0.2, 0) is 24.4 Å². The number of carbonyl (C=O) groups is 3. The Morgan fingerprint density at radius 2 is 1.88 bits per heavy atom. The molecule has 32 heavy (non-hydrogen) atoms. The summed E-state index contributed by atoms with van der Waals surface area (Å²) in [5.74, 6) is -1.74. The smallest absolute Gasteiger partial charge is 0.261 e. The zero-order chi connectivity index (χ0) is 24.1. The number of rotatable bonds is 9. The molecule has 1 saturated heterocycles. The zero-order valence-electron chi connectivity index (χ0n) is 17.7. The molecule has 0 aliphatic carbocycles. The Morgan fingerprint density at radius 3 is 2.44 bits per heavy atom. The lowest BCUT2D eigenvalue weighted by Gasteiger charge is -2.22. The molecule has 1 aliphatic heterocycles. The number of benzene rings is 1. The molecule has 11 nitrogen and oxygen atoms in total. The fourth-order valence-electron chi connectivity index (χ4n) is 3.42. The third-order valence-electron chi connectivity index (χ3n) is 4.94. The predicted molar refractivity (Wildman–Crippen MR) is 116 cm³/mol. The molecule has 0 unspecified atom stereocenters. The zero-order valence-corrected chi connectivity index (χ0v) is 19.3. The molecule has 1 heterocycles. The number of hydroxylamine groups is 1. The minimum Gasteiger partial charge on any atom is -0.350 e. The minimum atomic E-state index is -4.11. The van der Waals surface area contributed by atoms with Crippen LogP contribution in [0.2, 0.25) is 5.02 Å². The van der Waals surface area contributed by atoms with Gasteiger partial charge < -0.3 is 16.4 Å². The maximum atomic E-state index is 13.0. The molecular formula is C19H28ClN5O6S. The highest BCUT2D eigenvalue weighted by atomic mass is 35.5. The van der Waals surface area contributed by atoms with E-state index in [1.807, 2.05) is 13.8 Å². The van der Waals surface area contributed by atoms with Crippen molar-refractivity contribution in [3.05, 3.63) is 29.3 Å². The highest BCUT2D eigenvalue weighted by Gasteiger charge is 2.44. The van der Waals surface area contributed by atoms with Crippen LogP contribution in [-0.4, -0.2) is 66.9 Å². The number of nitrogens with one attached hydrogen (secondary N) is 3. The van der Waals surface area contributed by atoms with Crippen LogP contribution in [0.15, 0.2) is 29.2 Å². The quantitative estimate of drug-likeness (QED) is 0.231. The first-order valence-electron chi connectivity index (χ1n) is 9.99. The van der Waals surface area contributed by atoms with Crippen molar-refractivity contribution < 1.29 is 28.0 Å². The summed E-state index contributed by atoms with van der Waals surface area (Å²) in [6, 6.07) is 2.70. The van der Waals surface area contributed by atoms with Gasteiger partial charge in [0.25, 0.3) is 5.91 Å². The fraction of sp³-hybridized carbons (Fsp3) is 0.526. The molecule has 1 aliphatic rings. The van der Waals surface area contributed by atoms with Crippen LogP contribution in [0.4, 0.5) is 0 Å². The molecule has 1 aromatic carbocycles. The number of amides is 3. The van der Waals surface area contributed by atoms with Crippen LogP contribution in [0.1, 0.15) is 26.7 Å². The molecule has 1 aromatic rings. The Labute approximate surface area is 191 Å². The van der Waals surface area contributed by atoms with Crippen LogP contribution in [0.5, 0.6) is 0 Å². The van der Waals surface area contributed by atoms with E-state index in [1.165, 1.54) is 29.7 Å². The summed E-state index contributed by atoms with van der Waals surface area (Å²) in [4.78, 5) is 36.2. The molecule has 178 valence electrons. The van der Waals surface area contributed by atoms with Gasteiger partial charge in [-0.25, -0.2) is 13.9 Å². The monoisotopic (exact) mass is 489 g/mol. The molecule has 0 bridgehead atoms. The second-order valence-electron chi connectivity index (χ2n) is 7.97. The van der Waals surface area contributed by atoms with E-state index in [9.17, 15) is 22.8 Å². The highest BCUT2D eigenvalue weighted by Crippen LogP contribution is 2.27. The van der Waals surface area contributed by atoms with Crippen molar-refractivity contribution in [2.75, 3.05) is 13.1 Å². The summed E-state index contributed by atoms with van der Waals surface area (Å²) in [5.41, 5.74) is 7.23. The van der Waals surface area contributed by atoms with E-state index in [2.05, 4.69) is 10.6 Å². The van der Waals surface area contributed by atoms with Crippen LogP contribution < -0.4 is 21.8 Å². The molecule has 0 saturated carbocycles. The van der Waals surface area contributed by atoms with E-state index in [4.69, 9.17) is 22.5 Å². The van der Waals surface area contributed by atoms with Gasteiger partial charge in [0.15, 0.2) is 0 Å². The molecule has 3 amide bonds. The van der Waals surface area contributed by atoms with Gasteiger partial charge in [0.2, 0.25) is 21.8 Å². The van der Waals surface area contributed by atoms with Gasteiger partial charge in [-0.2, -0.15) is 4.31 Å². The van der Waals surface area contributed by atoms with Gasteiger partial charge in [0.1, 0.15) is 6.04 Å². The Hall–Kier alpha value is -2.25. The van der Waals surface area contributed by atoms with Crippen molar-refractivity contribution in [3.8, 4) is 0 Å². The van der Waals surface area contributed by atoms with Gasteiger partial charge in [0, 0.05) is 17.6 Å². The van der Waals surface area contributed by atoms with Crippen LogP contribution in [0.25, 0.3) is 0 Å². The lowest BCUT2D eigenvalue weighted by molar-refractivity contribution is -0.132. The van der Waals surface area contributed by atoms with Gasteiger partial charge in [-0.05, 0) is 43.0 Å². The topological polar surface area (TPSA) is 171 Å². The fourth-order valence-corrected chi connectivity index (χ4v) is 5.19. The summed E-state index contributed by atoms with van der Waals surface area (Å²) < 4.78 is 27.0. The van der Waals surface area contributed by atoms with Gasteiger partial charge in [-0.1, -0.05) is 25.4 Å². The summed E-state index contributed by atoms with van der Waals surface area (Å²) in [6.45, 7) is 3.29. The van der Waals surface area contributed by atoms with Gasteiger partial charge in [0.05, 0.1) is 17.5 Å². The maximum Gasteiger partial charge on any atom is 0.261 e. The van der Waals surface area contributed by atoms with Crippen molar-refractivity contribution in [2.24, 2.45) is 11.7 Å². The molecule has 3 atom stereocenters. The van der Waals surface area contributed by atoms with Crippen molar-refractivity contribution in [3.63, 3.8) is 0 Å². The minimum absolute atomic E-state index is 0.0637. The lowest BCUT2D eigenvalue weighted by Crippen LogP contribution is -2.47. The molecule has 2 rings (SSSR count). The Morgan fingerprint density at radius 1 is 1.25 bits per heavy atom. The standard InChI is InChI=1S/C19H28ClN5O6S/c1-11(2)7-15(21)18(27)22-9-17(26)23-13-8-16(19(28)24-29)25(10-13)32(30,31)14-5-3-12(20)4-6-14/h3-6,11,13,15-16,29H,7-10,21H2,1-2H3,(H,22,27)(H,23,26)(H,24,28)/t13-,15-,16-/m0/s1. The Bertz CT molecular complexity index is 940. The van der Waals surface area contributed by atoms with Crippen molar-refractivity contribution in [1.82, 2.24) is 20.4 Å². The lowest BCUT2D eigenvalue weighted by atomic mass is 10.0. The average molecular weight is 490 g/mol. The first kappa shape index (κ1) is 26.0. The van der Waals surface area contributed by atoms with E-state index in [0.29, 0.717) is 11.4 Å². The average Bonchev–Trinajstić information content (AvgIpc) is 3.15. The van der Waals surface area contributed by atoms with E-state index in [1.54, 1.807) is 0 Å². The van der Waals surface area contributed by atoms with E-state index in [-0.39, 0.29) is 30.3 Å². The van der Waals surface area contributed by atoms with Crippen molar-refractivity contribution in [1.29, 1.82) is 0 Å². The molecule has 0 aromatic heterocycles. The summed E-state index contributed by atoms with van der Waals surface area (Å²) in [7, 11) is -4.11. The molecule has 0 radical (unpaired) electrons. The van der Waals surface area contributed by atoms with Crippen LogP contribution in [0, 0.1) is 5.92 Å². The number of carbonyl (C=O) groups excluding carboxylic acids is 3.